The lowest BCUT2D eigenvalue weighted by Crippen LogP contribution is -2.20. The van der Waals surface area contributed by atoms with Crippen molar-refractivity contribution >= 4 is 0 Å². The predicted molar refractivity (Wildman–Crippen MR) is 64.5 cm³/mol. The zero-order chi connectivity index (χ0) is 14.0. The van der Waals surface area contributed by atoms with Crippen LogP contribution in [0.15, 0.2) is 12.1 Å². The topological polar surface area (TPSA) is 30.5 Å². The Morgan fingerprint density at radius 2 is 1.95 bits per heavy atom. The maximum absolute atomic E-state index is 13.1. The van der Waals surface area contributed by atoms with E-state index < -0.39 is 11.7 Å². The largest absolute Gasteiger partial charge is 0.493 e. The fraction of sp³-hybridized carbons (Fsp3) is 0.538. The minimum atomic E-state index is -4.40. The van der Waals surface area contributed by atoms with Gasteiger partial charge in [0.2, 0.25) is 0 Å². The zero-order valence-electron chi connectivity index (χ0n) is 10.8. The third-order valence-corrected chi connectivity index (χ3v) is 3.30. The predicted octanol–water partition coefficient (Wildman–Crippen LogP) is 3.15. The molecule has 1 aliphatic rings. The highest BCUT2D eigenvalue weighted by atomic mass is 19.4. The normalized spacial score (nSPS) is 19.5. The summed E-state index contributed by atoms with van der Waals surface area (Å²) < 4.78 is 49.6. The smallest absolute Gasteiger partial charge is 0.416 e. The second-order valence-corrected chi connectivity index (χ2v) is 4.41. The van der Waals surface area contributed by atoms with Gasteiger partial charge >= 0.3 is 6.18 Å². The number of methoxy groups -OCH3 is 2. The molecular formula is C13H16F3NO2. The highest BCUT2D eigenvalue weighted by Gasteiger charge is 2.38. The summed E-state index contributed by atoms with van der Waals surface area (Å²) in [6.07, 6.45) is -2.89. The molecule has 0 bridgehead atoms. The fourth-order valence-electron chi connectivity index (χ4n) is 2.47. The van der Waals surface area contributed by atoms with E-state index in [1.54, 1.807) is 0 Å². The van der Waals surface area contributed by atoms with Crippen LogP contribution in [0.5, 0.6) is 11.5 Å². The minimum Gasteiger partial charge on any atom is -0.493 e. The standard InChI is InChI=1S/C13H16F3NO2/c1-18-10-6-5-8(13(14,15)16)11(12(10)19-2)9-4-3-7-17-9/h5-6,9,17H,3-4,7H2,1-2H3. The average Bonchev–Trinajstić information content (AvgIpc) is 2.89. The quantitative estimate of drug-likeness (QED) is 0.919. The molecule has 1 fully saturated rings. The van der Waals surface area contributed by atoms with Crippen LogP contribution in [0.2, 0.25) is 0 Å². The van der Waals surface area contributed by atoms with Gasteiger partial charge in [0.15, 0.2) is 11.5 Å². The maximum atomic E-state index is 13.1. The van der Waals surface area contributed by atoms with Crippen molar-refractivity contribution in [1.29, 1.82) is 0 Å². The number of hydrogen-bond acceptors (Lipinski definition) is 3. The summed E-state index contributed by atoms with van der Waals surface area (Å²) >= 11 is 0. The second-order valence-electron chi connectivity index (χ2n) is 4.41. The summed E-state index contributed by atoms with van der Waals surface area (Å²) in [6.45, 7) is 0.711. The van der Waals surface area contributed by atoms with Gasteiger partial charge in [-0.25, -0.2) is 0 Å². The van der Waals surface area contributed by atoms with Crippen LogP contribution >= 0.6 is 0 Å². The highest BCUT2D eigenvalue weighted by Crippen LogP contribution is 2.45. The Balaban J connectivity index is 2.61. The van der Waals surface area contributed by atoms with Gasteiger partial charge in [-0.15, -0.1) is 0 Å². The van der Waals surface area contributed by atoms with Crippen LogP contribution in [0.25, 0.3) is 0 Å². The van der Waals surface area contributed by atoms with Crippen LogP contribution in [-0.2, 0) is 6.18 Å². The summed E-state index contributed by atoms with van der Waals surface area (Å²) in [4.78, 5) is 0. The number of halogens is 3. The first-order chi connectivity index (χ1) is 8.99. The molecule has 0 aromatic heterocycles. The van der Waals surface area contributed by atoms with Crippen molar-refractivity contribution in [3.8, 4) is 11.5 Å². The molecule has 6 heteroatoms. The number of ether oxygens (including phenoxy) is 2. The summed E-state index contributed by atoms with van der Waals surface area (Å²) in [5.41, 5.74) is -0.517. The van der Waals surface area contributed by atoms with Gasteiger partial charge in [-0.2, -0.15) is 13.2 Å². The Bertz CT molecular complexity index is 454. The van der Waals surface area contributed by atoms with E-state index in [4.69, 9.17) is 9.47 Å². The Morgan fingerprint density at radius 1 is 1.21 bits per heavy atom. The highest BCUT2D eigenvalue weighted by molar-refractivity contribution is 5.53. The molecule has 1 unspecified atom stereocenters. The lowest BCUT2D eigenvalue weighted by Gasteiger charge is -2.22. The van der Waals surface area contributed by atoms with Gasteiger partial charge in [0.05, 0.1) is 19.8 Å². The van der Waals surface area contributed by atoms with Crippen LogP contribution < -0.4 is 14.8 Å². The fourth-order valence-corrected chi connectivity index (χ4v) is 2.47. The molecule has 0 saturated carbocycles. The molecule has 3 nitrogen and oxygen atoms in total. The van der Waals surface area contributed by atoms with Crippen molar-refractivity contribution in [2.75, 3.05) is 20.8 Å². The maximum Gasteiger partial charge on any atom is 0.416 e. The lowest BCUT2D eigenvalue weighted by atomic mass is 9.97. The average molecular weight is 275 g/mol. The van der Waals surface area contributed by atoms with E-state index in [1.165, 1.54) is 20.3 Å². The molecule has 19 heavy (non-hydrogen) atoms. The van der Waals surface area contributed by atoms with Gasteiger partial charge in [0.25, 0.3) is 0 Å². The SMILES string of the molecule is COc1ccc(C(F)(F)F)c(C2CCCN2)c1OC. The molecule has 0 spiro atoms. The van der Waals surface area contributed by atoms with E-state index in [0.29, 0.717) is 18.7 Å². The Kier molecular flexibility index (Phi) is 3.89. The van der Waals surface area contributed by atoms with Crippen molar-refractivity contribution in [2.45, 2.75) is 25.1 Å². The Morgan fingerprint density at radius 3 is 2.42 bits per heavy atom. The van der Waals surface area contributed by atoms with Gasteiger partial charge < -0.3 is 14.8 Å². The molecular weight excluding hydrogens is 259 g/mol. The van der Waals surface area contributed by atoms with Crippen molar-refractivity contribution in [3.05, 3.63) is 23.3 Å². The van der Waals surface area contributed by atoms with Crippen LogP contribution in [-0.4, -0.2) is 20.8 Å². The summed E-state index contributed by atoms with van der Waals surface area (Å²) in [5, 5.41) is 3.08. The molecule has 1 saturated heterocycles. The van der Waals surface area contributed by atoms with Crippen LogP contribution in [0.1, 0.15) is 30.0 Å². The number of nitrogens with one attached hydrogen (secondary N) is 1. The van der Waals surface area contributed by atoms with Crippen molar-refractivity contribution < 1.29 is 22.6 Å². The van der Waals surface area contributed by atoms with Gasteiger partial charge in [-0.3, -0.25) is 0 Å². The number of alkyl halides is 3. The monoisotopic (exact) mass is 275 g/mol. The van der Waals surface area contributed by atoms with Crippen molar-refractivity contribution in [1.82, 2.24) is 5.32 Å². The third kappa shape index (κ3) is 2.63. The first kappa shape index (κ1) is 14.0. The lowest BCUT2D eigenvalue weighted by molar-refractivity contribution is -0.138. The van der Waals surface area contributed by atoms with Crippen LogP contribution in [0, 0.1) is 0 Å². The van der Waals surface area contributed by atoms with E-state index in [9.17, 15) is 13.2 Å². The number of hydrogen-bond donors (Lipinski definition) is 1. The molecule has 0 radical (unpaired) electrons. The Hall–Kier alpha value is -1.43. The van der Waals surface area contributed by atoms with Gasteiger partial charge in [-0.1, -0.05) is 0 Å². The molecule has 0 aliphatic carbocycles. The number of benzene rings is 1. The minimum absolute atomic E-state index is 0.145. The molecule has 1 aromatic rings. The van der Waals surface area contributed by atoms with E-state index in [1.807, 2.05) is 0 Å². The van der Waals surface area contributed by atoms with Crippen LogP contribution in [0.4, 0.5) is 13.2 Å². The van der Waals surface area contributed by atoms with Crippen LogP contribution in [0.3, 0.4) is 0 Å². The van der Waals surface area contributed by atoms with E-state index in [-0.39, 0.29) is 17.4 Å². The molecule has 1 aromatic carbocycles. The molecule has 106 valence electrons. The van der Waals surface area contributed by atoms with E-state index >= 15 is 0 Å². The van der Waals surface area contributed by atoms with E-state index in [0.717, 1.165) is 12.5 Å². The van der Waals surface area contributed by atoms with Gasteiger partial charge in [-0.05, 0) is 31.5 Å². The number of rotatable bonds is 3. The third-order valence-electron chi connectivity index (χ3n) is 3.30. The summed E-state index contributed by atoms with van der Waals surface area (Å²) in [6, 6.07) is 2.00. The first-order valence-corrected chi connectivity index (χ1v) is 6.04. The van der Waals surface area contributed by atoms with Gasteiger partial charge in [0.1, 0.15) is 0 Å². The molecule has 1 heterocycles. The van der Waals surface area contributed by atoms with Gasteiger partial charge in [0, 0.05) is 11.6 Å². The summed E-state index contributed by atoms with van der Waals surface area (Å²) in [7, 11) is 2.77. The molecule has 1 atom stereocenters. The molecule has 1 N–H and O–H groups in total. The first-order valence-electron chi connectivity index (χ1n) is 6.04. The zero-order valence-corrected chi connectivity index (χ0v) is 10.8. The Labute approximate surface area is 109 Å². The van der Waals surface area contributed by atoms with Crippen molar-refractivity contribution in [2.24, 2.45) is 0 Å². The van der Waals surface area contributed by atoms with E-state index in [2.05, 4.69) is 5.32 Å². The molecule has 0 amide bonds. The summed E-state index contributed by atoms with van der Waals surface area (Å²) in [5.74, 6) is 0.482. The second kappa shape index (κ2) is 5.28. The molecule has 1 aliphatic heterocycles. The molecule has 2 rings (SSSR count). The van der Waals surface area contributed by atoms with Crippen molar-refractivity contribution in [3.63, 3.8) is 0 Å².